The van der Waals surface area contributed by atoms with Crippen LogP contribution in [0, 0.1) is 6.92 Å². The maximum absolute atomic E-state index is 4.47. The molecule has 5 nitrogen and oxygen atoms in total. The molecule has 2 aromatic rings. The molecule has 0 aliphatic heterocycles. The molecule has 0 radical (unpaired) electrons. The molecule has 1 atom stereocenters. The van der Waals surface area contributed by atoms with E-state index in [-0.39, 0.29) is 6.04 Å². The Kier molecular flexibility index (Phi) is 4.37. The van der Waals surface area contributed by atoms with Gasteiger partial charge in [0.15, 0.2) is 0 Å². The first-order valence-electron chi connectivity index (χ1n) is 6.93. The summed E-state index contributed by atoms with van der Waals surface area (Å²) in [4.78, 5) is 0. The van der Waals surface area contributed by atoms with E-state index in [1.165, 1.54) is 11.3 Å². The molecule has 0 aliphatic carbocycles. The number of aryl methyl sites for hydroxylation is 2. The Hall–Kier alpha value is -1.62. The van der Waals surface area contributed by atoms with Gasteiger partial charge in [-0.15, -0.1) is 0 Å². The molecule has 0 aromatic carbocycles. The second-order valence-electron chi connectivity index (χ2n) is 4.77. The van der Waals surface area contributed by atoms with Crippen molar-refractivity contribution in [2.24, 2.45) is 0 Å². The van der Waals surface area contributed by atoms with Gasteiger partial charge in [-0.3, -0.25) is 9.36 Å². The van der Waals surface area contributed by atoms with Crippen molar-refractivity contribution in [2.75, 3.05) is 0 Å². The average Bonchev–Trinajstić information content (AvgIpc) is 3.02. The van der Waals surface area contributed by atoms with Gasteiger partial charge >= 0.3 is 0 Å². The van der Waals surface area contributed by atoms with Gasteiger partial charge in [0.2, 0.25) is 0 Å². The lowest BCUT2D eigenvalue weighted by Crippen LogP contribution is -2.19. The van der Waals surface area contributed by atoms with E-state index in [0.717, 1.165) is 25.3 Å². The predicted octanol–water partition coefficient (Wildman–Crippen LogP) is 2.28. The van der Waals surface area contributed by atoms with Crippen LogP contribution in [0.2, 0.25) is 0 Å². The molecular weight excluding hydrogens is 238 g/mol. The second-order valence-corrected chi connectivity index (χ2v) is 4.77. The van der Waals surface area contributed by atoms with E-state index in [1.807, 2.05) is 21.8 Å². The molecule has 1 N–H and O–H groups in total. The van der Waals surface area contributed by atoms with Gasteiger partial charge in [-0.2, -0.15) is 10.2 Å². The smallest absolute Gasteiger partial charge is 0.0762 e. The Morgan fingerprint density at radius 2 is 2.11 bits per heavy atom. The van der Waals surface area contributed by atoms with Crippen molar-refractivity contribution in [3.8, 4) is 0 Å². The number of nitrogens with one attached hydrogen (secondary N) is 1. The van der Waals surface area contributed by atoms with E-state index in [2.05, 4.69) is 49.3 Å². The highest BCUT2D eigenvalue weighted by atomic mass is 15.3. The second kappa shape index (κ2) is 6.02. The highest BCUT2D eigenvalue weighted by molar-refractivity contribution is 5.20. The van der Waals surface area contributed by atoms with E-state index < -0.39 is 0 Å². The van der Waals surface area contributed by atoms with Gasteiger partial charge in [-0.1, -0.05) is 0 Å². The Balaban J connectivity index is 1.96. The Morgan fingerprint density at radius 3 is 2.68 bits per heavy atom. The summed E-state index contributed by atoms with van der Waals surface area (Å²) in [6, 6.07) is 2.35. The lowest BCUT2D eigenvalue weighted by Gasteiger charge is -2.12. The molecule has 104 valence electrons. The topological polar surface area (TPSA) is 47.7 Å². The van der Waals surface area contributed by atoms with E-state index in [0.29, 0.717) is 0 Å². The molecule has 19 heavy (non-hydrogen) atoms. The molecule has 0 saturated heterocycles. The minimum Gasteiger partial charge on any atom is -0.304 e. The van der Waals surface area contributed by atoms with Gasteiger partial charge in [0.25, 0.3) is 0 Å². The lowest BCUT2D eigenvalue weighted by atomic mass is 10.1. The fourth-order valence-corrected chi connectivity index (χ4v) is 2.25. The van der Waals surface area contributed by atoms with Gasteiger partial charge in [0.1, 0.15) is 0 Å². The van der Waals surface area contributed by atoms with Crippen LogP contribution < -0.4 is 5.32 Å². The number of hydrogen-bond acceptors (Lipinski definition) is 3. The molecule has 2 rings (SSSR count). The molecule has 2 heterocycles. The fraction of sp³-hybridized carbons (Fsp3) is 0.571. The molecule has 0 spiro atoms. The summed E-state index contributed by atoms with van der Waals surface area (Å²) in [6.07, 6.45) is 3.98. The van der Waals surface area contributed by atoms with Crippen molar-refractivity contribution < 1.29 is 0 Å². The lowest BCUT2D eigenvalue weighted by molar-refractivity contribution is 0.551. The van der Waals surface area contributed by atoms with Crippen LogP contribution in [0.15, 0.2) is 18.5 Å². The molecule has 0 aliphatic rings. The van der Waals surface area contributed by atoms with Crippen LogP contribution in [0.1, 0.15) is 43.8 Å². The third kappa shape index (κ3) is 3.04. The maximum Gasteiger partial charge on any atom is 0.0762 e. The van der Waals surface area contributed by atoms with E-state index in [1.54, 1.807) is 0 Å². The minimum absolute atomic E-state index is 0.284. The summed E-state index contributed by atoms with van der Waals surface area (Å²) in [6.45, 7) is 11.1. The van der Waals surface area contributed by atoms with Gasteiger partial charge in [-0.25, -0.2) is 0 Å². The summed E-state index contributed by atoms with van der Waals surface area (Å²) < 4.78 is 3.97. The van der Waals surface area contributed by atoms with Crippen LogP contribution >= 0.6 is 0 Å². The normalized spacial score (nSPS) is 12.8. The summed E-state index contributed by atoms with van der Waals surface area (Å²) in [5.74, 6) is 0. The molecule has 2 aromatic heterocycles. The van der Waals surface area contributed by atoms with Crippen molar-refractivity contribution in [2.45, 2.75) is 53.4 Å². The molecule has 0 bridgehead atoms. The minimum atomic E-state index is 0.284. The van der Waals surface area contributed by atoms with E-state index in [9.17, 15) is 0 Å². The van der Waals surface area contributed by atoms with Crippen molar-refractivity contribution in [1.82, 2.24) is 24.9 Å². The Labute approximate surface area is 114 Å². The zero-order valence-corrected chi connectivity index (χ0v) is 12.2. The van der Waals surface area contributed by atoms with E-state index in [4.69, 9.17) is 0 Å². The summed E-state index contributed by atoms with van der Waals surface area (Å²) >= 11 is 0. The van der Waals surface area contributed by atoms with Crippen LogP contribution in [0.25, 0.3) is 0 Å². The molecular formula is C14H23N5. The van der Waals surface area contributed by atoms with Crippen LogP contribution in [0.5, 0.6) is 0 Å². The molecule has 1 unspecified atom stereocenters. The Morgan fingerprint density at radius 1 is 1.32 bits per heavy atom. The number of hydrogen-bond donors (Lipinski definition) is 1. The standard InChI is InChI=1S/C14H23N5/c1-5-18-8-7-13(17-18)9-15-11(3)14-10-16-19(6-2)12(14)4/h7-8,10-11,15H,5-6,9H2,1-4H3. The first-order valence-corrected chi connectivity index (χ1v) is 6.93. The average molecular weight is 261 g/mol. The van der Waals surface area contributed by atoms with E-state index >= 15 is 0 Å². The number of nitrogens with zero attached hydrogens (tertiary/aromatic N) is 4. The molecule has 0 fully saturated rings. The molecule has 0 saturated carbocycles. The van der Waals surface area contributed by atoms with Crippen LogP contribution in [-0.2, 0) is 19.6 Å². The monoisotopic (exact) mass is 261 g/mol. The maximum atomic E-state index is 4.47. The third-order valence-electron chi connectivity index (χ3n) is 3.52. The first-order chi connectivity index (χ1) is 9.15. The number of rotatable bonds is 6. The highest BCUT2D eigenvalue weighted by Crippen LogP contribution is 2.17. The van der Waals surface area contributed by atoms with Crippen molar-refractivity contribution in [1.29, 1.82) is 0 Å². The van der Waals surface area contributed by atoms with Gasteiger partial charge < -0.3 is 5.32 Å². The van der Waals surface area contributed by atoms with Crippen molar-refractivity contribution in [3.63, 3.8) is 0 Å². The summed E-state index contributed by atoms with van der Waals surface area (Å²) in [5.41, 5.74) is 3.58. The first kappa shape index (κ1) is 13.8. The fourth-order valence-electron chi connectivity index (χ4n) is 2.25. The Bertz CT molecular complexity index is 526. The molecule has 0 amide bonds. The van der Waals surface area contributed by atoms with Crippen LogP contribution in [0.3, 0.4) is 0 Å². The largest absolute Gasteiger partial charge is 0.304 e. The zero-order valence-electron chi connectivity index (χ0n) is 12.2. The van der Waals surface area contributed by atoms with Gasteiger partial charge in [0, 0.05) is 43.1 Å². The quantitative estimate of drug-likeness (QED) is 0.868. The third-order valence-corrected chi connectivity index (χ3v) is 3.52. The van der Waals surface area contributed by atoms with Gasteiger partial charge in [-0.05, 0) is 33.8 Å². The zero-order chi connectivity index (χ0) is 13.8. The summed E-state index contributed by atoms with van der Waals surface area (Å²) in [5, 5.41) is 12.4. The summed E-state index contributed by atoms with van der Waals surface area (Å²) in [7, 11) is 0. The van der Waals surface area contributed by atoms with Crippen molar-refractivity contribution >= 4 is 0 Å². The predicted molar refractivity (Wildman–Crippen MR) is 75.8 cm³/mol. The SMILES string of the molecule is CCn1ccc(CNC(C)c2cnn(CC)c2C)n1. The number of aromatic nitrogens is 4. The molecule has 5 heteroatoms. The van der Waals surface area contributed by atoms with Crippen LogP contribution in [-0.4, -0.2) is 19.6 Å². The van der Waals surface area contributed by atoms with Crippen molar-refractivity contribution in [3.05, 3.63) is 35.4 Å². The van der Waals surface area contributed by atoms with Gasteiger partial charge in [0.05, 0.1) is 11.9 Å². The van der Waals surface area contributed by atoms with Crippen LogP contribution in [0.4, 0.5) is 0 Å². The highest BCUT2D eigenvalue weighted by Gasteiger charge is 2.12.